The lowest BCUT2D eigenvalue weighted by Gasteiger charge is -1.27. The summed E-state index contributed by atoms with van der Waals surface area (Å²) in [5, 5.41) is 0. The second-order valence-corrected chi connectivity index (χ2v) is 0.463. The summed E-state index contributed by atoms with van der Waals surface area (Å²) in [6.07, 6.45) is 0. The molecule has 0 fully saturated rings. The monoisotopic (exact) mass is 132 g/mol. The Hall–Kier alpha value is 0.610. The van der Waals surface area contributed by atoms with Crippen LogP contribution in [0.2, 0.25) is 0 Å². The number of halogens is 3. The Morgan fingerprint density at radius 2 is 1.40 bits per heavy atom. The zero-order chi connectivity index (χ0) is 2.71. The van der Waals surface area contributed by atoms with E-state index >= 15 is 0 Å². The molecule has 0 rings (SSSR count). The highest BCUT2D eigenvalue weighted by atomic mass is 35.5. The highest BCUT2D eigenvalue weighted by Crippen LogP contribution is 1.60. The molecule has 0 radical (unpaired) electrons. The van der Waals surface area contributed by atoms with Gasteiger partial charge in [0, 0.05) is 0 Å². The summed E-state index contributed by atoms with van der Waals surface area (Å²) in [6, 6.07) is 0. The first kappa shape index (κ1) is 17.5. The lowest BCUT2D eigenvalue weighted by molar-refractivity contribution is -0.00100. The maximum absolute atomic E-state index is 4.76. The van der Waals surface area contributed by atoms with Crippen molar-refractivity contribution < 1.29 is 24.8 Å². The Morgan fingerprint density at radius 1 is 1.40 bits per heavy atom. The van der Waals surface area contributed by atoms with Crippen molar-refractivity contribution in [2.45, 2.75) is 0 Å². The first-order chi connectivity index (χ1) is 1.41. The molecule has 3 heteroatoms. The third-order valence-electron chi connectivity index (χ3n) is 0. The van der Waals surface area contributed by atoms with Gasteiger partial charge in [-0.2, -0.15) is 0 Å². The molecule has 0 spiro atoms. The largest absolute Gasteiger partial charge is 1.00 e. The van der Waals surface area contributed by atoms with Crippen LogP contribution in [0.4, 0.5) is 0 Å². The van der Waals surface area contributed by atoms with Gasteiger partial charge in [0.05, 0.1) is 0 Å². The fourth-order valence-electron chi connectivity index (χ4n) is 0. The molecule has 34 valence electrons. The average Bonchev–Trinajstić information content (AvgIpc) is 0.918. The second kappa shape index (κ2) is 23.2. The van der Waals surface area contributed by atoms with Gasteiger partial charge in [0.25, 0.3) is 0 Å². The predicted molar refractivity (Wildman–Crippen MR) is 16.1 cm³/mol. The Kier molecular flexibility index (Phi) is 81.1. The number of rotatable bonds is 0. The molecule has 0 aliphatic heterocycles. The predicted octanol–water partition coefficient (Wildman–Crippen LogP) is -4.62. The first-order valence-electron chi connectivity index (χ1n) is 0.626. The lowest BCUT2D eigenvalue weighted by atomic mass is 11.3. The Bertz CT molecular complexity index is 12.4. The Balaban J connectivity index is -0.0000000200. The first-order valence-corrected chi connectivity index (χ1v) is 1.06. The topological polar surface area (TPSA) is 0 Å². The standard InChI is InChI=1S/C2H3Cl.2ClH/c1-2-3;;/h2H,1H2;2*1H/p-2. The highest BCUT2D eigenvalue weighted by molar-refractivity contribution is 6.25. The van der Waals surface area contributed by atoms with E-state index in [1.807, 2.05) is 0 Å². The van der Waals surface area contributed by atoms with Crippen LogP contribution < -0.4 is 24.8 Å². The van der Waals surface area contributed by atoms with Crippen molar-refractivity contribution in [2.24, 2.45) is 0 Å². The second-order valence-electron chi connectivity index (χ2n) is 0.154. The minimum Gasteiger partial charge on any atom is -1.00 e. The van der Waals surface area contributed by atoms with E-state index in [2.05, 4.69) is 6.58 Å². The number of hydrogen-bond acceptors (Lipinski definition) is 0. The van der Waals surface area contributed by atoms with Crippen molar-refractivity contribution in [3.8, 4) is 0 Å². The van der Waals surface area contributed by atoms with Gasteiger partial charge in [0.2, 0.25) is 0 Å². The summed E-state index contributed by atoms with van der Waals surface area (Å²) in [6.45, 7) is 3.13. The van der Waals surface area contributed by atoms with Gasteiger partial charge < -0.3 is 24.8 Å². The Labute approximate surface area is 49.0 Å². The maximum atomic E-state index is 4.76. The van der Waals surface area contributed by atoms with Crippen LogP contribution in [0.25, 0.3) is 0 Å². The van der Waals surface area contributed by atoms with Gasteiger partial charge in [-0.1, -0.05) is 18.2 Å². The van der Waals surface area contributed by atoms with Crippen molar-refractivity contribution in [3.63, 3.8) is 0 Å². The smallest absolute Gasteiger partial charge is 0.00296 e. The zero-order valence-corrected chi connectivity index (χ0v) is 4.69. The van der Waals surface area contributed by atoms with Crippen molar-refractivity contribution in [3.05, 3.63) is 12.1 Å². The molecule has 0 aromatic carbocycles. The van der Waals surface area contributed by atoms with E-state index in [0.717, 1.165) is 0 Å². The van der Waals surface area contributed by atoms with Gasteiger partial charge in [-0.25, -0.2) is 0 Å². The van der Waals surface area contributed by atoms with E-state index in [9.17, 15) is 0 Å². The fraction of sp³-hybridized carbons (Fsp3) is 0. The van der Waals surface area contributed by atoms with Gasteiger partial charge >= 0.3 is 0 Å². The van der Waals surface area contributed by atoms with Crippen molar-refractivity contribution in [1.82, 2.24) is 0 Å². The molecule has 0 bridgehead atoms. The Morgan fingerprint density at radius 3 is 1.40 bits per heavy atom. The molecule has 5 heavy (non-hydrogen) atoms. The zero-order valence-electron chi connectivity index (χ0n) is 2.42. The van der Waals surface area contributed by atoms with E-state index < -0.39 is 0 Å². The summed E-state index contributed by atoms with van der Waals surface area (Å²) in [5.74, 6) is 0. The summed E-state index contributed by atoms with van der Waals surface area (Å²) >= 11 is 4.76. The minimum atomic E-state index is 0. The third kappa shape index (κ3) is 84.4. The van der Waals surface area contributed by atoms with E-state index in [-0.39, 0.29) is 24.8 Å². The quantitative estimate of drug-likeness (QED) is 0.312. The molecule has 0 saturated carbocycles. The molecule has 0 atom stereocenters. The highest BCUT2D eigenvalue weighted by Gasteiger charge is 1.18. The molecule has 0 nitrogen and oxygen atoms in total. The van der Waals surface area contributed by atoms with E-state index in [4.69, 9.17) is 11.6 Å². The average molecular weight is 133 g/mol. The van der Waals surface area contributed by atoms with Crippen LogP contribution in [-0.4, -0.2) is 0 Å². The number of hydrogen-bond donors (Lipinski definition) is 0. The third-order valence-corrected chi connectivity index (χ3v) is 0. The molecule has 0 aromatic heterocycles. The fourth-order valence-corrected chi connectivity index (χ4v) is 0. The molecule has 0 N–H and O–H groups in total. The van der Waals surface area contributed by atoms with E-state index in [1.54, 1.807) is 0 Å². The normalized spacial score (nSPS) is 2.60. The van der Waals surface area contributed by atoms with Gasteiger partial charge in [0.1, 0.15) is 0 Å². The van der Waals surface area contributed by atoms with Crippen LogP contribution in [0.15, 0.2) is 12.1 Å². The molecule has 0 aliphatic rings. The van der Waals surface area contributed by atoms with Crippen LogP contribution in [-0.2, 0) is 0 Å². The van der Waals surface area contributed by atoms with Crippen LogP contribution in [0, 0.1) is 0 Å². The van der Waals surface area contributed by atoms with E-state index in [0.29, 0.717) is 0 Å². The van der Waals surface area contributed by atoms with Gasteiger partial charge in [-0.3, -0.25) is 0 Å². The summed E-state index contributed by atoms with van der Waals surface area (Å²) in [5.41, 5.74) is 1.22. The van der Waals surface area contributed by atoms with Crippen LogP contribution in [0.3, 0.4) is 0 Å². The summed E-state index contributed by atoms with van der Waals surface area (Å²) < 4.78 is 0. The van der Waals surface area contributed by atoms with Gasteiger partial charge in [0.15, 0.2) is 0 Å². The van der Waals surface area contributed by atoms with Crippen LogP contribution in [0.5, 0.6) is 0 Å². The molecule has 0 heterocycles. The van der Waals surface area contributed by atoms with Gasteiger partial charge in [-0.15, -0.1) is 0 Å². The minimum absolute atomic E-state index is 0. The summed E-state index contributed by atoms with van der Waals surface area (Å²) in [4.78, 5) is 0. The molecule has 0 amide bonds. The van der Waals surface area contributed by atoms with E-state index in [1.165, 1.54) is 5.54 Å². The molecule has 0 aromatic rings. The molecular weight excluding hydrogens is 130 g/mol. The maximum Gasteiger partial charge on any atom is -0.00296 e. The van der Waals surface area contributed by atoms with Crippen molar-refractivity contribution in [1.29, 1.82) is 0 Å². The summed E-state index contributed by atoms with van der Waals surface area (Å²) in [7, 11) is 0. The van der Waals surface area contributed by atoms with Gasteiger partial charge in [-0.05, 0) is 5.54 Å². The molecular formula is C2H3Cl3-2. The SMILES string of the molecule is C=CCl.[Cl-].[Cl-]. The lowest BCUT2D eigenvalue weighted by Crippen LogP contribution is -3.00. The molecule has 0 saturated heterocycles. The van der Waals surface area contributed by atoms with Crippen molar-refractivity contribution >= 4 is 11.6 Å². The van der Waals surface area contributed by atoms with Crippen LogP contribution in [0.1, 0.15) is 0 Å². The van der Waals surface area contributed by atoms with Crippen molar-refractivity contribution in [2.75, 3.05) is 0 Å². The molecule has 0 unspecified atom stereocenters. The van der Waals surface area contributed by atoms with Crippen LogP contribution >= 0.6 is 11.6 Å². The molecule has 0 aliphatic carbocycles.